The molecule has 0 saturated heterocycles. The highest BCUT2D eigenvalue weighted by atomic mass is 79.9. The Labute approximate surface area is 110 Å². The third kappa shape index (κ3) is 1.81. The molecule has 1 amide bonds. The molecule has 0 bridgehead atoms. The van der Waals surface area contributed by atoms with Crippen LogP contribution in [0.15, 0.2) is 18.2 Å². The van der Waals surface area contributed by atoms with E-state index in [1.165, 1.54) is 30.4 Å². The molecular weight excluding hydrogens is 278 g/mol. The molecule has 2 aliphatic rings. The van der Waals surface area contributed by atoms with Gasteiger partial charge < -0.3 is 4.90 Å². The second-order valence-electron chi connectivity index (χ2n) is 5.11. The first-order chi connectivity index (χ1) is 8.16. The molecule has 2 nitrogen and oxygen atoms in total. The summed E-state index contributed by atoms with van der Waals surface area (Å²) in [7, 11) is 1.85. The summed E-state index contributed by atoms with van der Waals surface area (Å²) in [5.41, 5.74) is 3.59. The highest BCUT2D eigenvalue weighted by Gasteiger charge is 2.29. The van der Waals surface area contributed by atoms with Crippen LogP contribution < -0.4 is 4.90 Å². The summed E-state index contributed by atoms with van der Waals surface area (Å²) >= 11 is 3.80. The summed E-state index contributed by atoms with van der Waals surface area (Å²) < 4.78 is 0. The molecule has 1 aliphatic heterocycles. The fourth-order valence-electron chi connectivity index (χ4n) is 2.67. The minimum atomic E-state index is 0.201. The molecule has 1 aromatic rings. The summed E-state index contributed by atoms with van der Waals surface area (Å²) in [4.78, 5) is 13.8. The van der Waals surface area contributed by atoms with Gasteiger partial charge in [0.25, 0.3) is 0 Å². The van der Waals surface area contributed by atoms with E-state index in [-0.39, 0.29) is 5.91 Å². The molecule has 1 aromatic carbocycles. The number of carbonyl (C=O) groups excluding carboxylic acids is 1. The Balaban J connectivity index is 1.89. The van der Waals surface area contributed by atoms with Crippen LogP contribution in [0.2, 0.25) is 0 Å². The fourth-order valence-corrected chi connectivity index (χ4v) is 3.48. The Morgan fingerprint density at radius 1 is 1.41 bits per heavy atom. The number of nitrogens with zero attached hydrogens (tertiary/aromatic N) is 1. The quantitative estimate of drug-likeness (QED) is 0.765. The smallest absolute Gasteiger partial charge is 0.231 e. The number of anilines is 1. The van der Waals surface area contributed by atoms with Crippen molar-refractivity contribution in [2.45, 2.75) is 30.5 Å². The zero-order chi connectivity index (χ0) is 12.0. The SMILES string of the molecule is CN1C(=O)Cc2cc(C(Br)C3CCC3)ccc21. The van der Waals surface area contributed by atoms with Crippen molar-refractivity contribution >= 4 is 27.5 Å². The first-order valence-electron chi connectivity index (χ1n) is 6.20. The third-order valence-electron chi connectivity index (χ3n) is 4.06. The van der Waals surface area contributed by atoms with Crippen molar-refractivity contribution in [1.29, 1.82) is 0 Å². The van der Waals surface area contributed by atoms with Crippen molar-refractivity contribution in [2.75, 3.05) is 11.9 Å². The van der Waals surface area contributed by atoms with E-state index in [4.69, 9.17) is 0 Å². The van der Waals surface area contributed by atoms with Crippen LogP contribution in [-0.4, -0.2) is 13.0 Å². The molecule has 1 unspecified atom stereocenters. The molecule has 17 heavy (non-hydrogen) atoms. The Kier molecular flexibility index (Phi) is 2.74. The van der Waals surface area contributed by atoms with Gasteiger partial charge in [-0.25, -0.2) is 0 Å². The number of carbonyl (C=O) groups is 1. The van der Waals surface area contributed by atoms with Gasteiger partial charge >= 0.3 is 0 Å². The van der Waals surface area contributed by atoms with Crippen LogP contribution in [0.25, 0.3) is 0 Å². The van der Waals surface area contributed by atoms with Crippen molar-refractivity contribution < 1.29 is 4.79 Å². The first-order valence-corrected chi connectivity index (χ1v) is 7.12. The van der Waals surface area contributed by atoms with Crippen LogP contribution in [0.3, 0.4) is 0 Å². The summed E-state index contributed by atoms with van der Waals surface area (Å²) in [6.07, 6.45) is 4.57. The Hall–Kier alpha value is -0.830. The maximum Gasteiger partial charge on any atom is 0.231 e. The zero-order valence-electron chi connectivity index (χ0n) is 9.95. The van der Waals surface area contributed by atoms with Crippen molar-refractivity contribution in [3.8, 4) is 0 Å². The minimum Gasteiger partial charge on any atom is -0.315 e. The van der Waals surface area contributed by atoms with Gasteiger partial charge in [0.2, 0.25) is 5.91 Å². The van der Waals surface area contributed by atoms with Crippen LogP contribution in [0.1, 0.15) is 35.2 Å². The number of alkyl halides is 1. The number of amides is 1. The van der Waals surface area contributed by atoms with E-state index in [9.17, 15) is 4.79 Å². The lowest BCUT2D eigenvalue weighted by Crippen LogP contribution is -2.20. The van der Waals surface area contributed by atoms with Crippen molar-refractivity contribution in [3.63, 3.8) is 0 Å². The van der Waals surface area contributed by atoms with E-state index in [1.807, 2.05) is 7.05 Å². The van der Waals surface area contributed by atoms with E-state index in [1.54, 1.807) is 4.90 Å². The molecule has 1 saturated carbocycles. The van der Waals surface area contributed by atoms with Crippen LogP contribution >= 0.6 is 15.9 Å². The van der Waals surface area contributed by atoms with Gasteiger partial charge in [0, 0.05) is 17.6 Å². The molecule has 90 valence electrons. The maximum absolute atomic E-state index is 11.6. The summed E-state index contributed by atoms with van der Waals surface area (Å²) in [6, 6.07) is 6.45. The van der Waals surface area contributed by atoms with Crippen LogP contribution in [0, 0.1) is 5.92 Å². The second-order valence-corrected chi connectivity index (χ2v) is 6.10. The fraction of sp³-hybridized carbons (Fsp3) is 0.500. The predicted octanol–water partition coefficient (Wildman–Crippen LogP) is 3.44. The van der Waals surface area contributed by atoms with E-state index >= 15 is 0 Å². The number of benzene rings is 1. The molecule has 1 atom stereocenters. The van der Waals surface area contributed by atoms with Gasteiger partial charge in [-0.15, -0.1) is 0 Å². The van der Waals surface area contributed by atoms with Crippen LogP contribution in [-0.2, 0) is 11.2 Å². The average molecular weight is 294 g/mol. The van der Waals surface area contributed by atoms with Gasteiger partial charge in [0.1, 0.15) is 0 Å². The minimum absolute atomic E-state index is 0.201. The summed E-state index contributed by atoms with van der Waals surface area (Å²) in [5, 5.41) is 0. The first kappa shape index (κ1) is 11.3. The molecule has 3 rings (SSSR count). The monoisotopic (exact) mass is 293 g/mol. The van der Waals surface area contributed by atoms with Gasteiger partial charge in [-0.1, -0.05) is 34.5 Å². The van der Waals surface area contributed by atoms with E-state index < -0.39 is 0 Å². The van der Waals surface area contributed by atoms with Crippen LogP contribution in [0.4, 0.5) is 5.69 Å². The number of hydrogen-bond donors (Lipinski definition) is 0. The maximum atomic E-state index is 11.6. The van der Waals surface area contributed by atoms with E-state index in [0.29, 0.717) is 11.2 Å². The van der Waals surface area contributed by atoms with Gasteiger partial charge in [-0.2, -0.15) is 0 Å². The van der Waals surface area contributed by atoms with Gasteiger partial charge in [0.05, 0.1) is 6.42 Å². The highest BCUT2D eigenvalue weighted by Crippen LogP contribution is 2.44. The summed E-state index contributed by atoms with van der Waals surface area (Å²) in [6.45, 7) is 0. The van der Waals surface area contributed by atoms with Gasteiger partial charge in [-0.3, -0.25) is 4.79 Å². The average Bonchev–Trinajstić information content (AvgIpc) is 2.52. The molecule has 0 aromatic heterocycles. The lowest BCUT2D eigenvalue weighted by molar-refractivity contribution is -0.117. The Bertz CT molecular complexity index is 467. The van der Waals surface area contributed by atoms with Gasteiger partial charge in [-0.05, 0) is 36.0 Å². The van der Waals surface area contributed by atoms with Crippen molar-refractivity contribution in [1.82, 2.24) is 0 Å². The lowest BCUT2D eigenvalue weighted by Gasteiger charge is -2.30. The Morgan fingerprint density at radius 2 is 2.18 bits per heavy atom. The molecular formula is C14H16BrNO. The number of hydrogen-bond acceptors (Lipinski definition) is 1. The largest absolute Gasteiger partial charge is 0.315 e. The molecule has 0 spiro atoms. The normalized spacial score (nSPS) is 21.3. The number of likely N-dealkylation sites (N-methyl/N-ethyl adjacent to an activating group) is 1. The molecule has 1 aliphatic carbocycles. The van der Waals surface area contributed by atoms with Crippen molar-refractivity contribution in [2.24, 2.45) is 5.92 Å². The highest BCUT2D eigenvalue weighted by molar-refractivity contribution is 9.09. The number of rotatable bonds is 2. The third-order valence-corrected chi connectivity index (χ3v) is 5.34. The van der Waals surface area contributed by atoms with Crippen LogP contribution in [0.5, 0.6) is 0 Å². The topological polar surface area (TPSA) is 20.3 Å². The van der Waals surface area contributed by atoms with Gasteiger partial charge in [0.15, 0.2) is 0 Å². The number of halogens is 1. The zero-order valence-corrected chi connectivity index (χ0v) is 11.5. The molecule has 0 radical (unpaired) electrons. The Morgan fingerprint density at radius 3 is 2.82 bits per heavy atom. The van der Waals surface area contributed by atoms with E-state index in [0.717, 1.165) is 11.6 Å². The van der Waals surface area contributed by atoms with Crippen molar-refractivity contribution in [3.05, 3.63) is 29.3 Å². The molecule has 0 N–H and O–H groups in total. The summed E-state index contributed by atoms with van der Waals surface area (Å²) in [5.74, 6) is 0.981. The lowest BCUT2D eigenvalue weighted by atomic mass is 9.80. The molecule has 3 heteroatoms. The van der Waals surface area contributed by atoms with E-state index in [2.05, 4.69) is 34.1 Å². The predicted molar refractivity (Wildman–Crippen MR) is 72.6 cm³/mol. The number of fused-ring (bicyclic) bond motifs is 1. The standard InChI is InChI=1S/C14H16BrNO/c1-16-12-6-5-10(7-11(12)8-13(16)17)14(15)9-3-2-4-9/h5-7,9,14H,2-4,8H2,1H3. The second kappa shape index (κ2) is 4.13. The molecule has 1 heterocycles. The molecule has 1 fully saturated rings.